The first-order valence-electron chi connectivity index (χ1n) is 6.19. The Labute approximate surface area is 147 Å². The molecule has 0 fully saturated rings. The first kappa shape index (κ1) is 17.0. The number of aliphatic imine (C=N–C) groups is 1. The Morgan fingerprint density at radius 3 is 2.62 bits per heavy atom. The highest BCUT2D eigenvalue weighted by molar-refractivity contribution is 8.27. The fourth-order valence-corrected chi connectivity index (χ4v) is 3.10. The molecule has 0 aliphatic carbocycles. The van der Waals surface area contributed by atoms with E-state index in [4.69, 9.17) is 28.6 Å². The normalized spacial score (nSPS) is 19.5. The number of nitrogens with one attached hydrogen (secondary N) is 1. The van der Waals surface area contributed by atoms with E-state index in [1.165, 1.54) is 24.3 Å². The molecular weight excluding hydrogens is 388 g/mol. The summed E-state index contributed by atoms with van der Waals surface area (Å²) in [6, 6.07) is 4.48. The highest BCUT2D eigenvalue weighted by Crippen LogP contribution is 2.35. The van der Waals surface area contributed by atoms with Gasteiger partial charge in [0.1, 0.15) is 0 Å². The second-order valence-corrected chi connectivity index (χ2v) is 6.39. The standard InChI is InChI=1S/C13H5Cl2F3N4OS/c14-6-2-1-5(8(15)4-6)3-7-9(19)22-12(20-10(7)23)24-11(21-22)13(16,17)18/h1-4,19H/b7-3+,19-9?. The second-order valence-electron chi connectivity index (χ2n) is 4.59. The molecule has 1 N–H and O–H groups in total. The largest absolute Gasteiger partial charge is 0.441 e. The third kappa shape index (κ3) is 3.06. The summed E-state index contributed by atoms with van der Waals surface area (Å²) in [4.78, 5) is 15.6. The predicted octanol–water partition coefficient (Wildman–Crippen LogP) is 4.17. The lowest BCUT2D eigenvalue weighted by Gasteiger charge is -2.20. The number of hydrazone groups is 1. The molecule has 0 saturated carbocycles. The quantitative estimate of drug-likeness (QED) is 0.729. The summed E-state index contributed by atoms with van der Waals surface area (Å²) in [6.07, 6.45) is -3.42. The zero-order valence-electron chi connectivity index (χ0n) is 11.4. The molecule has 0 bridgehead atoms. The summed E-state index contributed by atoms with van der Waals surface area (Å²) in [5.41, 5.74) is 0.149. The SMILES string of the molecule is N=C1/C(=C\c2ccc(Cl)cc2Cl)C(=O)N=C2SC(C(F)(F)F)=NN12. The predicted molar refractivity (Wildman–Crippen MR) is 87.5 cm³/mol. The highest BCUT2D eigenvalue weighted by atomic mass is 35.5. The van der Waals surface area contributed by atoms with E-state index in [1.54, 1.807) is 0 Å². The van der Waals surface area contributed by atoms with Crippen LogP contribution in [0.5, 0.6) is 0 Å². The van der Waals surface area contributed by atoms with Crippen molar-refractivity contribution in [2.75, 3.05) is 0 Å². The van der Waals surface area contributed by atoms with E-state index < -0.39 is 23.0 Å². The van der Waals surface area contributed by atoms with E-state index in [9.17, 15) is 18.0 Å². The summed E-state index contributed by atoms with van der Waals surface area (Å²) in [6.45, 7) is 0. The van der Waals surface area contributed by atoms with Crippen LogP contribution in [0.3, 0.4) is 0 Å². The van der Waals surface area contributed by atoms with Crippen LogP contribution in [0.4, 0.5) is 13.2 Å². The zero-order chi connectivity index (χ0) is 17.6. The lowest BCUT2D eigenvalue weighted by Crippen LogP contribution is -2.35. The smallest absolute Gasteiger partial charge is 0.282 e. The minimum atomic E-state index is -4.68. The van der Waals surface area contributed by atoms with Crippen molar-refractivity contribution in [1.29, 1.82) is 5.41 Å². The number of benzene rings is 1. The maximum absolute atomic E-state index is 12.7. The van der Waals surface area contributed by atoms with Gasteiger partial charge in [0.15, 0.2) is 5.84 Å². The van der Waals surface area contributed by atoms with Gasteiger partial charge in [-0.15, -0.1) is 0 Å². The van der Waals surface area contributed by atoms with Crippen molar-refractivity contribution in [3.63, 3.8) is 0 Å². The van der Waals surface area contributed by atoms with Crippen molar-refractivity contribution in [3.8, 4) is 0 Å². The average molecular weight is 393 g/mol. The van der Waals surface area contributed by atoms with Crippen molar-refractivity contribution in [3.05, 3.63) is 39.4 Å². The number of hydrogen-bond donors (Lipinski definition) is 1. The molecule has 11 heteroatoms. The van der Waals surface area contributed by atoms with Gasteiger partial charge >= 0.3 is 6.18 Å². The van der Waals surface area contributed by atoms with Gasteiger partial charge in [-0.2, -0.15) is 28.3 Å². The fourth-order valence-electron chi connectivity index (χ4n) is 1.88. The number of rotatable bonds is 1. The van der Waals surface area contributed by atoms with E-state index in [0.717, 1.165) is 0 Å². The Morgan fingerprint density at radius 1 is 1.29 bits per heavy atom. The van der Waals surface area contributed by atoms with Gasteiger partial charge in [-0.1, -0.05) is 29.3 Å². The molecular formula is C13H5Cl2F3N4OS. The summed E-state index contributed by atoms with van der Waals surface area (Å²) in [5.74, 6) is -1.36. The van der Waals surface area contributed by atoms with Crippen molar-refractivity contribution in [2.45, 2.75) is 6.18 Å². The van der Waals surface area contributed by atoms with Crippen LogP contribution in [0.15, 0.2) is 33.9 Å². The second kappa shape index (κ2) is 5.91. The Balaban J connectivity index is 2.01. The van der Waals surface area contributed by atoms with Crippen LogP contribution in [0.2, 0.25) is 10.0 Å². The molecule has 2 aliphatic rings. The van der Waals surface area contributed by atoms with Gasteiger partial charge in [0.05, 0.1) is 5.57 Å². The van der Waals surface area contributed by atoms with Gasteiger partial charge in [0, 0.05) is 10.0 Å². The number of fused-ring (bicyclic) bond motifs is 1. The third-order valence-corrected chi connectivity index (χ3v) is 4.48. The number of carbonyl (C=O) groups is 1. The first-order valence-corrected chi connectivity index (χ1v) is 7.76. The molecule has 0 saturated heterocycles. The van der Waals surface area contributed by atoms with Gasteiger partial charge in [-0.3, -0.25) is 10.2 Å². The van der Waals surface area contributed by atoms with Crippen LogP contribution in [0.1, 0.15) is 5.56 Å². The van der Waals surface area contributed by atoms with Gasteiger partial charge in [-0.05, 0) is 35.5 Å². The first-order chi connectivity index (χ1) is 11.2. The number of hydrogen-bond acceptors (Lipinski definition) is 4. The van der Waals surface area contributed by atoms with E-state index in [1.807, 2.05) is 0 Å². The summed E-state index contributed by atoms with van der Waals surface area (Å²) in [5, 5.41) is 11.0. The highest BCUT2D eigenvalue weighted by Gasteiger charge is 2.46. The number of halogens is 5. The van der Waals surface area contributed by atoms with E-state index in [2.05, 4.69) is 10.1 Å². The van der Waals surface area contributed by atoms with E-state index >= 15 is 0 Å². The lowest BCUT2D eigenvalue weighted by atomic mass is 10.1. The minimum Gasteiger partial charge on any atom is -0.282 e. The van der Waals surface area contributed by atoms with Crippen molar-refractivity contribution >= 4 is 63.0 Å². The average Bonchev–Trinajstić information content (AvgIpc) is 2.89. The van der Waals surface area contributed by atoms with Crippen LogP contribution in [0.25, 0.3) is 6.08 Å². The van der Waals surface area contributed by atoms with Gasteiger partial charge < -0.3 is 0 Å². The number of thioether (sulfide) groups is 1. The van der Waals surface area contributed by atoms with Crippen LogP contribution in [-0.4, -0.2) is 33.1 Å². The molecule has 1 amide bonds. The topological polar surface area (TPSA) is 68.9 Å². The molecule has 1 aromatic carbocycles. The van der Waals surface area contributed by atoms with Crippen LogP contribution in [-0.2, 0) is 4.79 Å². The molecule has 2 aliphatic heterocycles. The van der Waals surface area contributed by atoms with Crippen molar-refractivity contribution < 1.29 is 18.0 Å². The molecule has 124 valence electrons. The number of nitrogens with zero attached hydrogens (tertiary/aromatic N) is 3. The molecule has 0 atom stereocenters. The van der Waals surface area contributed by atoms with Crippen molar-refractivity contribution in [2.24, 2.45) is 10.1 Å². The maximum Gasteiger partial charge on any atom is 0.441 e. The third-order valence-electron chi connectivity index (χ3n) is 2.96. The minimum absolute atomic E-state index is 0.191. The number of amides is 1. The van der Waals surface area contributed by atoms with Crippen LogP contribution < -0.4 is 0 Å². The Morgan fingerprint density at radius 2 is 2.00 bits per heavy atom. The monoisotopic (exact) mass is 392 g/mol. The van der Waals surface area contributed by atoms with Crippen molar-refractivity contribution in [1.82, 2.24) is 5.01 Å². The Hall–Kier alpha value is -1.84. The Kier molecular flexibility index (Phi) is 4.18. The number of alkyl halides is 3. The molecule has 24 heavy (non-hydrogen) atoms. The number of carbonyl (C=O) groups excluding carboxylic acids is 1. The van der Waals surface area contributed by atoms with Gasteiger partial charge in [-0.25, -0.2) is 0 Å². The van der Waals surface area contributed by atoms with E-state index in [-0.39, 0.29) is 27.5 Å². The molecule has 0 aromatic heterocycles. The summed E-state index contributed by atoms with van der Waals surface area (Å²) >= 11 is 12.0. The van der Waals surface area contributed by atoms with Crippen LogP contribution >= 0.6 is 35.0 Å². The zero-order valence-corrected chi connectivity index (χ0v) is 13.7. The maximum atomic E-state index is 12.7. The molecule has 0 radical (unpaired) electrons. The molecule has 2 heterocycles. The molecule has 1 aromatic rings. The van der Waals surface area contributed by atoms with Gasteiger partial charge in [0.2, 0.25) is 10.2 Å². The Bertz CT molecular complexity index is 863. The molecule has 5 nitrogen and oxygen atoms in total. The summed E-state index contributed by atoms with van der Waals surface area (Å²) < 4.78 is 38.2. The summed E-state index contributed by atoms with van der Waals surface area (Å²) in [7, 11) is 0. The molecule has 3 rings (SSSR count). The number of amidine groups is 2. The van der Waals surface area contributed by atoms with Crippen LogP contribution in [0, 0.1) is 5.41 Å². The fraction of sp³-hybridized carbons (Fsp3) is 0.0769. The van der Waals surface area contributed by atoms with Gasteiger partial charge in [0.25, 0.3) is 5.91 Å². The van der Waals surface area contributed by atoms with E-state index in [0.29, 0.717) is 15.6 Å². The molecule has 0 spiro atoms. The lowest BCUT2D eigenvalue weighted by molar-refractivity contribution is -0.114. The molecule has 0 unspecified atom stereocenters.